The standard InChI is InChI=1S/C34H35N5O4S/c1-6-19-15(2)25-12-30-33(31-14-44-31)18(5)26(39-30)10-23-16(3)20(7-8-32(40)41)28(37-23)13-29-21(9-22(35)34(42)43)17(4)24(38-29)11-27(19)36-25/h9-13,31,36,38H,6-8,14,35H2,1-5H3,(H,40,41)(H,42,43)/b22-9+,23-10?,24-11?,25-12?,26-10?,27-11?,28-13?,29-13?,30-12?/t31-/m0/s1. The van der Waals surface area contributed by atoms with Crippen LogP contribution < -0.4 is 5.73 Å². The third kappa shape index (κ3) is 5.23. The van der Waals surface area contributed by atoms with Gasteiger partial charge in [0.25, 0.3) is 0 Å². The molecule has 8 bridgehead atoms. The summed E-state index contributed by atoms with van der Waals surface area (Å²) in [5.41, 5.74) is 20.1. The number of rotatable bonds is 7. The number of nitrogens with two attached hydrogens (primary N) is 1. The molecule has 3 aliphatic rings. The molecular formula is C34H35N5O4S. The van der Waals surface area contributed by atoms with Crippen LogP contribution in [0.2, 0.25) is 0 Å². The summed E-state index contributed by atoms with van der Waals surface area (Å²) in [6, 6.07) is 8.06. The minimum atomic E-state index is -1.21. The number of aliphatic carboxylic acids is 2. The van der Waals surface area contributed by atoms with Crippen molar-refractivity contribution in [3.05, 3.63) is 75.0 Å². The van der Waals surface area contributed by atoms with Crippen LogP contribution >= 0.6 is 11.8 Å². The Bertz CT molecular complexity index is 2020. The lowest BCUT2D eigenvalue weighted by atomic mass is 10.00. The smallest absolute Gasteiger partial charge is 0.351 e. The third-order valence-electron chi connectivity index (χ3n) is 8.78. The van der Waals surface area contributed by atoms with Crippen LogP contribution in [0.3, 0.4) is 0 Å². The van der Waals surface area contributed by atoms with Crippen LogP contribution in [0.4, 0.5) is 0 Å². The summed E-state index contributed by atoms with van der Waals surface area (Å²) in [6.07, 6.45) is 2.54. The van der Waals surface area contributed by atoms with Gasteiger partial charge in [-0.15, -0.1) is 0 Å². The van der Waals surface area contributed by atoms with E-state index in [1.807, 2.05) is 37.7 Å². The lowest BCUT2D eigenvalue weighted by Gasteiger charge is -2.03. The predicted molar refractivity (Wildman–Crippen MR) is 178 cm³/mol. The molecule has 226 valence electrons. The van der Waals surface area contributed by atoms with Crippen molar-refractivity contribution in [3.63, 3.8) is 0 Å². The van der Waals surface area contributed by atoms with Gasteiger partial charge in [0, 0.05) is 45.1 Å². The number of nitrogens with zero attached hydrogens (tertiary/aromatic N) is 2. The number of aromatic amines is 2. The monoisotopic (exact) mass is 609 g/mol. The van der Waals surface area contributed by atoms with Gasteiger partial charge in [-0.3, -0.25) is 4.79 Å². The summed E-state index contributed by atoms with van der Waals surface area (Å²) < 4.78 is 0. The highest BCUT2D eigenvalue weighted by Gasteiger charge is 2.33. The average Bonchev–Trinajstić information content (AvgIpc) is 3.53. The van der Waals surface area contributed by atoms with Crippen LogP contribution in [-0.2, 0) is 16.0 Å². The largest absolute Gasteiger partial charge is 0.481 e. The molecule has 6 rings (SSSR count). The number of allylic oxidation sites excluding steroid dienone is 3. The molecule has 3 aromatic rings. The Morgan fingerprint density at radius 2 is 1.55 bits per heavy atom. The highest BCUT2D eigenvalue weighted by molar-refractivity contribution is 8.07. The van der Waals surface area contributed by atoms with Crippen LogP contribution in [0.5, 0.6) is 0 Å². The fraction of sp³-hybridized carbons (Fsp3) is 0.294. The third-order valence-corrected chi connectivity index (χ3v) is 9.68. The number of fused-ring (bicyclic) bond motifs is 8. The van der Waals surface area contributed by atoms with Gasteiger partial charge in [0.15, 0.2) is 0 Å². The second kappa shape index (κ2) is 11.2. The van der Waals surface area contributed by atoms with E-state index in [4.69, 9.17) is 15.7 Å². The van der Waals surface area contributed by atoms with Crippen LogP contribution in [0.25, 0.3) is 50.4 Å². The quantitative estimate of drug-likeness (QED) is 0.146. The number of hydrogen-bond acceptors (Lipinski definition) is 6. The zero-order chi connectivity index (χ0) is 31.4. The van der Waals surface area contributed by atoms with E-state index in [0.717, 1.165) is 73.7 Å². The first-order valence-electron chi connectivity index (χ1n) is 14.7. The second-order valence-corrected chi connectivity index (χ2v) is 12.7. The molecule has 0 aliphatic carbocycles. The molecule has 3 aliphatic heterocycles. The number of aryl methyl sites for hydroxylation is 3. The molecule has 6 N–H and O–H groups in total. The van der Waals surface area contributed by atoms with Crippen molar-refractivity contribution in [2.75, 3.05) is 5.75 Å². The van der Waals surface area contributed by atoms with E-state index in [2.05, 4.69) is 42.9 Å². The van der Waals surface area contributed by atoms with E-state index in [1.165, 1.54) is 17.2 Å². The number of hydrogen-bond donors (Lipinski definition) is 5. The Kier molecular flexibility index (Phi) is 7.49. The van der Waals surface area contributed by atoms with Crippen molar-refractivity contribution in [3.8, 4) is 0 Å². The highest BCUT2D eigenvalue weighted by atomic mass is 32.2. The Balaban J connectivity index is 1.76. The summed E-state index contributed by atoms with van der Waals surface area (Å²) in [5, 5.41) is 19.5. The molecule has 1 saturated heterocycles. The maximum Gasteiger partial charge on any atom is 0.351 e. The van der Waals surface area contributed by atoms with Crippen molar-refractivity contribution in [1.82, 2.24) is 19.9 Å². The van der Waals surface area contributed by atoms with Gasteiger partial charge in [-0.05, 0) is 110 Å². The van der Waals surface area contributed by atoms with E-state index in [0.29, 0.717) is 28.4 Å². The van der Waals surface area contributed by atoms with Crippen molar-refractivity contribution in [1.29, 1.82) is 0 Å². The molecular weight excluding hydrogens is 574 g/mol. The van der Waals surface area contributed by atoms with Gasteiger partial charge in [0.1, 0.15) is 5.70 Å². The molecule has 0 saturated carbocycles. The van der Waals surface area contributed by atoms with E-state index >= 15 is 0 Å². The molecule has 0 radical (unpaired) electrons. The maximum atomic E-state index is 11.7. The fourth-order valence-electron chi connectivity index (χ4n) is 6.17. The molecule has 44 heavy (non-hydrogen) atoms. The number of carbonyl (C=O) groups is 2. The first kappa shape index (κ1) is 29.5. The Morgan fingerprint density at radius 1 is 0.909 bits per heavy atom. The minimum Gasteiger partial charge on any atom is -0.481 e. The van der Waals surface area contributed by atoms with Gasteiger partial charge in [0.05, 0.1) is 22.8 Å². The van der Waals surface area contributed by atoms with E-state index in [-0.39, 0.29) is 12.1 Å². The Labute approximate surface area is 259 Å². The van der Waals surface area contributed by atoms with Crippen molar-refractivity contribution in [2.45, 2.75) is 59.1 Å². The number of carboxylic acid groups (broad SMARTS) is 2. The lowest BCUT2D eigenvalue weighted by molar-refractivity contribution is -0.137. The minimum absolute atomic E-state index is 0.0434. The molecule has 10 heteroatoms. The summed E-state index contributed by atoms with van der Waals surface area (Å²) in [4.78, 5) is 40.5. The van der Waals surface area contributed by atoms with Crippen LogP contribution in [-0.4, -0.2) is 53.1 Å². The van der Waals surface area contributed by atoms with Crippen molar-refractivity contribution < 1.29 is 19.8 Å². The fourth-order valence-corrected chi connectivity index (χ4v) is 6.90. The second-order valence-electron chi connectivity index (χ2n) is 11.5. The number of nitrogens with one attached hydrogen (secondary N) is 2. The topological polar surface area (TPSA) is 158 Å². The van der Waals surface area contributed by atoms with Gasteiger partial charge in [-0.25, -0.2) is 14.8 Å². The SMILES string of the molecule is CCc1c(C)c2cc3nc(cc4nc(cc5[nH]c(cc1[nH]2)c(C)c5/C=C(/N)C(=O)O)C(CCC(=O)O)=C4C)C(C)=C3[C@@H]1CS1. The molecule has 6 heterocycles. The normalized spacial score (nSPS) is 16.6. The molecule has 0 unspecified atom stereocenters. The zero-order valence-electron chi connectivity index (χ0n) is 25.4. The van der Waals surface area contributed by atoms with Gasteiger partial charge in [-0.1, -0.05) is 6.92 Å². The first-order chi connectivity index (χ1) is 21.0. The van der Waals surface area contributed by atoms with Gasteiger partial charge >= 0.3 is 11.9 Å². The van der Waals surface area contributed by atoms with E-state index in [9.17, 15) is 19.8 Å². The molecule has 3 aromatic heterocycles. The van der Waals surface area contributed by atoms with Crippen LogP contribution in [0.15, 0.2) is 30.0 Å². The number of H-pyrrole nitrogens is 2. The first-order valence-corrected chi connectivity index (χ1v) is 15.7. The van der Waals surface area contributed by atoms with E-state index < -0.39 is 11.9 Å². The van der Waals surface area contributed by atoms with Crippen LogP contribution in [0.1, 0.15) is 78.6 Å². The van der Waals surface area contributed by atoms with Gasteiger partial charge in [-0.2, -0.15) is 11.8 Å². The summed E-state index contributed by atoms with van der Waals surface area (Å²) in [7, 11) is 0. The summed E-state index contributed by atoms with van der Waals surface area (Å²) in [6.45, 7) is 10.3. The van der Waals surface area contributed by atoms with Crippen molar-refractivity contribution in [2.24, 2.45) is 5.73 Å². The predicted octanol–water partition coefficient (Wildman–Crippen LogP) is 6.72. The molecule has 0 spiro atoms. The molecule has 1 atom stereocenters. The molecule has 0 amide bonds. The molecule has 0 aromatic carbocycles. The number of carboxylic acids is 2. The summed E-state index contributed by atoms with van der Waals surface area (Å²) >= 11 is 1.91. The summed E-state index contributed by atoms with van der Waals surface area (Å²) in [5.74, 6) is -1.03. The average molecular weight is 610 g/mol. The Morgan fingerprint density at radius 3 is 2.20 bits per heavy atom. The molecule has 1 fully saturated rings. The van der Waals surface area contributed by atoms with Gasteiger partial charge in [0.2, 0.25) is 0 Å². The maximum absolute atomic E-state index is 11.7. The Hall–Kier alpha value is -4.57. The van der Waals surface area contributed by atoms with Crippen LogP contribution in [0, 0.1) is 13.8 Å². The zero-order valence-corrected chi connectivity index (χ0v) is 26.2. The van der Waals surface area contributed by atoms with Gasteiger partial charge < -0.3 is 25.9 Å². The number of thioether (sulfide) groups is 1. The molecule has 9 nitrogen and oxygen atoms in total. The highest BCUT2D eigenvalue weighted by Crippen LogP contribution is 2.47. The lowest BCUT2D eigenvalue weighted by Crippen LogP contribution is -2.09. The number of aromatic nitrogens is 4. The van der Waals surface area contributed by atoms with E-state index in [1.54, 1.807) is 0 Å². The van der Waals surface area contributed by atoms with Crippen molar-refractivity contribution >= 4 is 74.1 Å².